The third-order valence-electron chi connectivity index (χ3n) is 2.89. The second kappa shape index (κ2) is 3.61. The number of piperidine rings is 1. The smallest absolute Gasteiger partial charge is 0.0132 e. The van der Waals surface area contributed by atoms with Crippen molar-refractivity contribution in [3.8, 4) is 0 Å². The van der Waals surface area contributed by atoms with Crippen molar-refractivity contribution in [1.29, 1.82) is 0 Å². The van der Waals surface area contributed by atoms with Gasteiger partial charge >= 0.3 is 0 Å². The van der Waals surface area contributed by atoms with Crippen molar-refractivity contribution in [3.63, 3.8) is 0 Å². The highest BCUT2D eigenvalue weighted by atomic mass is 15.0. The normalized spacial score (nSPS) is 27.5. The fourth-order valence-electron chi connectivity index (χ4n) is 3.03. The molecule has 1 heteroatoms. The molecule has 1 radical (unpaired) electrons. The Hall–Kier alpha value is -0.0400. The van der Waals surface area contributed by atoms with Crippen molar-refractivity contribution in [2.75, 3.05) is 0 Å². The first kappa shape index (κ1) is 11.0. The Morgan fingerprint density at radius 2 is 1.62 bits per heavy atom. The second-order valence-electron chi connectivity index (χ2n) is 5.81. The van der Waals surface area contributed by atoms with Crippen LogP contribution in [0, 0.1) is 12.8 Å². The molecule has 1 saturated heterocycles. The number of nitrogens with one attached hydrogen (secondary N) is 1. The van der Waals surface area contributed by atoms with E-state index in [0.29, 0.717) is 11.1 Å². The first-order chi connectivity index (χ1) is 5.85. The highest BCUT2D eigenvalue weighted by Gasteiger charge is 2.36. The van der Waals surface area contributed by atoms with Gasteiger partial charge in [0.05, 0.1) is 0 Å². The van der Waals surface area contributed by atoms with Gasteiger partial charge in [0.15, 0.2) is 0 Å². The monoisotopic (exact) mass is 182 g/mol. The van der Waals surface area contributed by atoms with Crippen LogP contribution in [0.25, 0.3) is 0 Å². The zero-order valence-electron chi connectivity index (χ0n) is 9.61. The van der Waals surface area contributed by atoms with Crippen molar-refractivity contribution in [2.45, 2.75) is 64.5 Å². The van der Waals surface area contributed by atoms with E-state index in [1.807, 2.05) is 0 Å². The van der Waals surface area contributed by atoms with Gasteiger partial charge in [0.25, 0.3) is 0 Å². The van der Waals surface area contributed by atoms with Crippen molar-refractivity contribution in [3.05, 3.63) is 6.92 Å². The molecule has 13 heavy (non-hydrogen) atoms. The SMILES string of the molecule is [CH2]CCC1CC(C)(C)NC(C)(C)C1. The standard InChI is InChI=1S/C12H24N/c1-6-7-10-8-11(2,3)13-12(4,5)9-10/h10,13H,1,6-9H2,2-5H3. The van der Waals surface area contributed by atoms with Crippen LogP contribution in [-0.4, -0.2) is 11.1 Å². The molecule has 0 saturated carbocycles. The number of hydrogen-bond acceptors (Lipinski definition) is 1. The minimum atomic E-state index is 0.307. The summed E-state index contributed by atoms with van der Waals surface area (Å²) in [6.07, 6.45) is 4.96. The molecule has 0 unspecified atom stereocenters. The van der Waals surface area contributed by atoms with E-state index in [1.54, 1.807) is 0 Å². The fraction of sp³-hybridized carbons (Fsp3) is 0.917. The topological polar surface area (TPSA) is 12.0 Å². The molecule has 0 atom stereocenters. The number of hydrogen-bond donors (Lipinski definition) is 1. The Labute approximate surface area is 83.3 Å². The van der Waals surface area contributed by atoms with Crippen LogP contribution in [0.3, 0.4) is 0 Å². The second-order valence-corrected chi connectivity index (χ2v) is 5.81. The molecule has 1 aliphatic heterocycles. The van der Waals surface area contributed by atoms with Crippen LogP contribution in [0.1, 0.15) is 53.4 Å². The van der Waals surface area contributed by atoms with Crippen LogP contribution in [0.15, 0.2) is 0 Å². The van der Waals surface area contributed by atoms with Crippen LogP contribution >= 0.6 is 0 Å². The largest absolute Gasteiger partial charge is 0.307 e. The fourth-order valence-corrected chi connectivity index (χ4v) is 3.03. The van der Waals surface area contributed by atoms with Gasteiger partial charge in [-0.3, -0.25) is 0 Å². The van der Waals surface area contributed by atoms with Crippen molar-refractivity contribution in [1.82, 2.24) is 5.32 Å². The Balaban J connectivity index is 2.61. The van der Waals surface area contributed by atoms with E-state index >= 15 is 0 Å². The lowest BCUT2D eigenvalue weighted by molar-refractivity contribution is 0.124. The Morgan fingerprint density at radius 3 is 2.00 bits per heavy atom. The van der Waals surface area contributed by atoms with Gasteiger partial charge in [-0.25, -0.2) is 0 Å². The zero-order valence-corrected chi connectivity index (χ0v) is 9.61. The maximum absolute atomic E-state index is 3.95. The van der Waals surface area contributed by atoms with Gasteiger partial charge in [0, 0.05) is 11.1 Å². The minimum Gasteiger partial charge on any atom is -0.307 e. The van der Waals surface area contributed by atoms with Crippen LogP contribution in [-0.2, 0) is 0 Å². The van der Waals surface area contributed by atoms with Crippen LogP contribution in [0.4, 0.5) is 0 Å². The summed E-state index contributed by atoms with van der Waals surface area (Å²) in [5.74, 6) is 0.865. The molecule has 1 heterocycles. The zero-order chi connectivity index (χ0) is 10.1. The van der Waals surface area contributed by atoms with Crippen molar-refractivity contribution < 1.29 is 0 Å². The summed E-state index contributed by atoms with van der Waals surface area (Å²) in [6, 6.07) is 0. The highest BCUT2D eigenvalue weighted by molar-refractivity contribution is 4.96. The summed E-state index contributed by atoms with van der Waals surface area (Å²) in [5.41, 5.74) is 0.614. The molecule has 0 aromatic carbocycles. The average Bonchev–Trinajstić information content (AvgIpc) is 1.78. The molecule has 1 N–H and O–H groups in total. The summed E-state index contributed by atoms with van der Waals surface area (Å²) in [6.45, 7) is 13.2. The highest BCUT2D eigenvalue weighted by Crippen LogP contribution is 2.34. The molecule has 1 rings (SSSR count). The summed E-state index contributed by atoms with van der Waals surface area (Å²) < 4.78 is 0. The van der Waals surface area contributed by atoms with Gasteiger partial charge in [0.1, 0.15) is 0 Å². The van der Waals surface area contributed by atoms with E-state index < -0.39 is 0 Å². The number of rotatable bonds is 2. The average molecular weight is 182 g/mol. The molecular formula is C12H24N. The van der Waals surface area contributed by atoms with Crippen LogP contribution in [0.2, 0.25) is 0 Å². The molecule has 0 spiro atoms. The molecule has 0 aromatic heterocycles. The molecule has 0 aromatic rings. The molecular weight excluding hydrogens is 158 g/mol. The lowest BCUT2D eigenvalue weighted by Gasteiger charge is -2.46. The lowest BCUT2D eigenvalue weighted by atomic mass is 9.74. The van der Waals surface area contributed by atoms with Gasteiger partial charge in [-0.15, -0.1) is 0 Å². The van der Waals surface area contributed by atoms with Gasteiger partial charge < -0.3 is 5.32 Å². The molecule has 77 valence electrons. The van der Waals surface area contributed by atoms with Crippen LogP contribution < -0.4 is 5.32 Å². The molecule has 0 bridgehead atoms. The maximum atomic E-state index is 3.95. The third-order valence-corrected chi connectivity index (χ3v) is 2.89. The summed E-state index contributed by atoms with van der Waals surface area (Å²) >= 11 is 0. The lowest BCUT2D eigenvalue weighted by Crippen LogP contribution is -2.57. The molecule has 1 nitrogen and oxygen atoms in total. The van der Waals surface area contributed by atoms with E-state index in [2.05, 4.69) is 39.9 Å². The van der Waals surface area contributed by atoms with E-state index in [-0.39, 0.29) is 0 Å². The van der Waals surface area contributed by atoms with E-state index in [4.69, 9.17) is 0 Å². The Kier molecular flexibility index (Phi) is 3.06. The van der Waals surface area contributed by atoms with Gasteiger partial charge in [-0.05, 0) is 46.5 Å². The first-order valence-electron chi connectivity index (χ1n) is 5.43. The van der Waals surface area contributed by atoms with Gasteiger partial charge in [-0.1, -0.05) is 19.8 Å². The summed E-state index contributed by atoms with van der Waals surface area (Å²) in [4.78, 5) is 0. The van der Waals surface area contributed by atoms with Gasteiger partial charge in [0.2, 0.25) is 0 Å². The molecule has 0 aliphatic carbocycles. The van der Waals surface area contributed by atoms with Gasteiger partial charge in [-0.2, -0.15) is 0 Å². The molecule has 1 fully saturated rings. The van der Waals surface area contributed by atoms with Crippen LogP contribution in [0.5, 0.6) is 0 Å². The quantitative estimate of drug-likeness (QED) is 0.691. The Morgan fingerprint density at radius 1 is 1.15 bits per heavy atom. The predicted molar refractivity (Wildman–Crippen MR) is 58.6 cm³/mol. The molecule has 0 amide bonds. The molecule has 1 aliphatic rings. The third kappa shape index (κ3) is 3.30. The summed E-state index contributed by atoms with van der Waals surface area (Å²) in [5, 5.41) is 3.70. The van der Waals surface area contributed by atoms with E-state index in [1.165, 1.54) is 19.3 Å². The van der Waals surface area contributed by atoms with Crippen molar-refractivity contribution >= 4 is 0 Å². The van der Waals surface area contributed by atoms with Crippen molar-refractivity contribution in [2.24, 2.45) is 5.92 Å². The Bertz CT molecular complexity index is 154. The minimum absolute atomic E-state index is 0.307. The summed E-state index contributed by atoms with van der Waals surface area (Å²) in [7, 11) is 0. The van der Waals surface area contributed by atoms with E-state index in [9.17, 15) is 0 Å². The van der Waals surface area contributed by atoms with E-state index in [0.717, 1.165) is 12.3 Å². The maximum Gasteiger partial charge on any atom is 0.0132 e. The predicted octanol–water partition coefficient (Wildman–Crippen LogP) is 3.16. The first-order valence-corrected chi connectivity index (χ1v) is 5.43.